The Morgan fingerprint density at radius 2 is 2.37 bits per heavy atom. The van der Waals surface area contributed by atoms with Gasteiger partial charge in [-0.2, -0.15) is 16.9 Å². The van der Waals surface area contributed by atoms with Gasteiger partial charge in [-0.05, 0) is 6.92 Å². The highest BCUT2D eigenvalue weighted by atomic mass is 32.2. The topological polar surface area (TPSA) is 83.1 Å². The number of aromatic nitrogens is 2. The van der Waals surface area contributed by atoms with E-state index in [0.717, 1.165) is 5.75 Å². The first-order chi connectivity index (χ1) is 8.97. The molecule has 19 heavy (non-hydrogen) atoms. The minimum absolute atomic E-state index is 0.0480. The number of thioether (sulfide) groups is 1. The Balaban J connectivity index is 2.31. The number of hydrogen-bond acceptors (Lipinski definition) is 5. The highest BCUT2D eigenvalue weighted by Crippen LogP contribution is 2.23. The van der Waals surface area contributed by atoms with E-state index in [1.807, 2.05) is 0 Å². The van der Waals surface area contributed by atoms with Crippen LogP contribution >= 0.6 is 11.8 Å². The van der Waals surface area contributed by atoms with Crippen LogP contribution in [0.15, 0.2) is 6.20 Å². The van der Waals surface area contributed by atoms with Crippen LogP contribution in [0.5, 0.6) is 0 Å². The summed E-state index contributed by atoms with van der Waals surface area (Å²) < 4.78 is 24.2. The van der Waals surface area contributed by atoms with Crippen molar-refractivity contribution in [3.8, 4) is 0 Å². The van der Waals surface area contributed by atoms with Crippen molar-refractivity contribution in [3.63, 3.8) is 0 Å². The molecule has 1 aliphatic rings. The summed E-state index contributed by atoms with van der Waals surface area (Å²) in [5, 5.41) is 5.80. The molecule has 1 amide bonds. The first-order valence-corrected chi connectivity index (χ1v) is 8.94. The van der Waals surface area contributed by atoms with E-state index in [4.69, 9.17) is 0 Å². The Morgan fingerprint density at radius 1 is 1.63 bits per heavy atom. The molecule has 1 atom stereocenters. The Morgan fingerprint density at radius 3 is 2.95 bits per heavy atom. The fourth-order valence-electron chi connectivity index (χ4n) is 2.02. The van der Waals surface area contributed by atoms with Crippen LogP contribution in [0.2, 0.25) is 0 Å². The van der Waals surface area contributed by atoms with Gasteiger partial charge in [0.15, 0.2) is 9.84 Å². The molecule has 1 aliphatic heterocycles. The molecule has 6 nitrogen and oxygen atoms in total. The molecule has 8 heteroatoms. The lowest BCUT2D eigenvalue weighted by Crippen LogP contribution is -2.50. The van der Waals surface area contributed by atoms with Crippen LogP contribution in [0.3, 0.4) is 0 Å². The van der Waals surface area contributed by atoms with Crippen molar-refractivity contribution < 1.29 is 13.2 Å². The van der Waals surface area contributed by atoms with Gasteiger partial charge in [0.05, 0.1) is 11.8 Å². The van der Waals surface area contributed by atoms with Crippen LogP contribution in [0.1, 0.15) is 23.0 Å². The van der Waals surface area contributed by atoms with Gasteiger partial charge >= 0.3 is 0 Å². The molecule has 1 fully saturated rings. The minimum atomic E-state index is -3.27. The van der Waals surface area contributed by atoms with Crippen LogP contribution in [0.4, 0.5) is 0 Å². The average Bonchev–Trinajstić information content (AvgIpc) is 2.84. The molecule has 106 valence electrons. The third-order valence-corrected chi connectivity index (χ3v) is 6.51. The summed E-state index contributed by atoms with van der Waals surface area (Å²) in [4.78, 5) is 13.9. The first kappa shape index (κ1) is 14.4. The maximum absolute atomic E-state index is 12.4. The highest BCUT2D eigenvalue weighted by molar-refractivity contribution is 8.01. The van der Waals surface area contributed by atoms with E-state index in [-0.39, 0.29) is 11.7 Å². The molecule has 1 saturated heterocycles. The van der Waals surface area contributed by atoms with Crippen molar-refractivity contribution in [2.75, 3.05) is 23.8 Å². The standard InChI is InChI=1S/C11H17N3O3S2/c1-3-19(16,17)10-7-18-5-4-14(10)11(15)9-6-12-13-8(9)2/h6,10H,3-5,7H2,1-2H3,(H,12,13). The second-order valence-corrected chi connectivity index (χ2v) is 7.99. The third-order valence-electron chi connectivity index (χ3n) is 3.22. The van der Waals surface area contributed by atoms with Gasteiger partial charge in [-0.25, -0.2) is 8.42 Å². The lowest BCUT2D eigenvalue weighted by Gasteiger charge is -2.34. The SMILES string of the molecule is CCS(=O)(=O)C1CSCCN1C(=O)c1cn[nH]c1C. The number of aryl methyl sites for hydroxylation is 1. The van der Waals surface area contributed by atoms with Gasteiger partial charge in [0.2, 0.25) is 0 Å². The number of sulfone groups is 1. The zero-order chi connectivity index (χ0) is 14.0. The average molecular weight is 303 g/mol. The summed E-state index contributed by atoms with van der Waals surface area (Å²) in [5.74, 6) is 0.998. The van der Waals surface area contributed by atoms with Gasteiger partial charge in [-0.15, -0.1) is 0 Å². The molecule has 2 heterocycles. The van der Waals surface area contributed by atoms with Crippen molar-refractivity contribution in [2.45, 2.75) is 19.2 Å². The minimum Gasteiger partial charge on any atom is -0.320 e. The predicted molar refractivity (Wildman–Crippen MR) is 74.9 cm³/mol. The molecule has 0 spiro atoms. The molecule has 0 aliphatic carbocycles. The number of rotatable bonds is 3. The predicted octanol–water partition coefficient (Wildman–Crippen LogP) is 0.668. The van der Waals surface area contributed by atoms with Crippen molar-refractivity contribution in [3.05, 3.63) is 17.5 Å². The highest BCUT2D eigenvalue weighted by Gasteiger charge is 2.36. The number of hydrogen-bond donors (Lipinski definition) is 1. The monoisotopic (exact) mass is 303 g/mol. The maximum atomic E-state index is 12.4. The van der Waals surface area contributed by atoms with Crippen LogP contribution in [-0.2, 0) is 9.84 Å². The summed E-state index contributed by atoms with van der Waals surface area (Å²) >= 11 is 1.57. The zero-order valence-electron chi connectivity index (χ0n) is 10.9. The summed E-state index contributed by atoms with van der Waals surface area (Å²) in [6.07, 6.45) is 1.45. The van der Waals surface area contributed by atoms with E-state index in [0.29, 0.717) is 23.6 Å². The molecular formula is C11H17N3O3S2. The molecular weight excluding hydrogens is 286 g/mol. The van der Waals surface area contributed by atoms with Crippen LogP contribution < -0.4 is 0 Å². The Bertz CT molecular complexity index is 567. The summed E-state index contributed by atoms with van der Waals surface area (Å²) in [6, 6.07) is 0. The van der Waals surface area contributed by atoms with Crippen molar-refractivity contribution in [1.29, 1.82) is 0 Å². The molecule has 0 radical (unpaired) electrons. The largest absolute Gasteiger partial charge is 0.320 e. The van der Waals surface area contributed by atoms with E-state index in [1.165, 1.54) is 11.1 Å². The Hall–Kier alpha value is -1.02. The fraction of sp³-hybridized carbons (Fsp3) is 0.636. The van der Waals surface area contributed by atoms with Crippen molar-refractivity contribution in [2.24, 2.45) is 0 Å². The molecule has 1 unspecified atom stereocenters. The number of aromatic amines is 1. The lowest BCUT2D eigenvalue weighted by atomic mass is 10.2. The Kier molecular flexibility index (Phi) is 4.19. The van der Waals surface area contributed by atoms with Crippen molar-refractivity contribution in [1.82, 2.24) is 15.1 Å². The molecule has 0 saturated carbocycles. The van der Waals surface area contributed by atoms with Gasteiger partial charge in [-0.3, -0.25) is 9.89 Å². The third kappa shape index (κ3) is 2.79. The number of H-pyrrole nitrogens is 1. The van der Waals surface area contributed by atoms with Crippen LogP contribution in [-0.4, -0.2) is 58.6 Å². The van der Waals surface area contributed by atoms with E-state index in [2.05, 4.69) is 10.2 Å². The molecule has 1 aromatic rings. The van der Waals surface area contributed by atoms with Gasteiger partial charge in [-0.1, -0.05) is 6.92 Å². The molecule has 0 aromatic carbocycles. The summed E-state index contributed by atoms with van der Waals surface area (Å²) in [6.45, 7) is 3.82. The summed E-state index contributed by atoms with van der Waals surface area (Å²) in [5.41, 5.74) is 1.11. The number of amides is 1. The van der Waals surface area contributed by atoms with Gasteiger partial charge in [0.1, 0.15) is 5.37 Å². The van der Waals surface area contributed by atoms with E-state index < -0.39 is 15.2 Å². The molecule has 1 aromatic heterocycles. The van der Waals surface area contributed by atoms with Gasteiger partial charge in [0, 0.05) is 29.5 Å². The van der Waals surface area contributed by atoms with Gasteiger partial charge in [0.25, 0.3) is 5.91 Å². The molecule has 0 bridgehead atoms. The zero-order valence-corrected chi connectivity index (χ0v) is 12.6. The second-order valence-electron chi connectivity index (χ2n) is 4.39. The van der Waals surface area contributed by atoms with E-state index in [1.54, 1.807) is 25.6 Å². The smallest absolute Gasteiger partial charge is 0.258 e. The van der Waals surface area contributed by atoms with Crippen LogP contribution in [0.25, 0.3) is 0 Å². The number of carbonyl (C=O) groups excluding carboxylic acids is 1. The van der Waals surface area contributed by atoms with Crippen LogP contribution in [0, 0.1) is 6.92 Å². The number of carbonyl (C=O) groups is 1. The molecule has 1 N–H and O–H groups in total. The molecule has 2 rings (SSSR count). The Labute approximate surface area is 116 Å². The number of nitrogens with zero attached hydrogens (tertiary/aromatic N) is 2. The lowest BCUT2D eigenvalue weighted by molar-refractivity contribution is 0.0748. The maximum Gasteiger partial charge on any atom is 0.258 e. The van der Waals surface area contributed by atoms with Gasteiger partial charge < -0.3 is 4.90 Å². The first-order valence-electron chi connectivity index (χ1n) is 6.07. The fourth-order valence-corrected chi connectivity index (χ4v) is 4.99. The van der Waals surface area contributed by atoms with E-state index >= 15 is 0 Å². The normalized spacial score (nSPS) is 20.5. The van der Waals surface area contributed by atoms with Crippen molar-refractivity contribution >= 4 is 27.5 Å². The summed E-state index contributed by atoms with van der Waals surface area (Å²) in [7, 11) is -3.27. The quantitative estimate of drug-likeness (QED) is 0.887. The van der Waals surface area contributed by atoms with E-state index in [9.17, 15) is 13.2 Å². The number of nitrogens with one attached hydrogen (secondary N) is 1. The second kappa shape index (κ2) is 5.54.